The Morgan fingerprint density at radius 2 is 1.94 bits per heavy atom. The van der Waals surface area contributed by atoms with Crippen LogP contribution < -0.4 is 5.32 Å². The number of hydrogen-bond donors (Lipinski definition) is 1. The fourth-order valence-electron chi connectivity index (χ4n) is 3.56. The maximum Gasteiger partial charge on any atom is 0.0469 e. The van der Waals surface area contributed by atoms with Gasteiger partial charge >= 0.3 is 0 Å². The summed E-state index contributed by atoms with van der Waals surface area (Å²) >= 11 is 0. The summed E-state index contributed by atoms with van der Waals surface area (Å²) in [4.78, 5) is 2.72. The molecule has 2 aliphatic heterocycles. The summed E-state index contributed by atoms with van der Waals surface area (Å²) in [6.07, 6.45) is 4.97. The second kappa shape index (κ2) is 6.36. The molecule has 0 aromatic heterocycles. The van der Waals surface area contributed by atoms with E-state index in [1.54, 1.807) is 0 Å². The van der Waals surface area contributed by atoms with Crippen molar-refractivity contribution in [2.24, 2.45) is 5.92 Å². The minimum Gasteiger partial charge on any atom is -0.381 e. The van der Waals surface area contributed by atoms with E-state index < -0.39 is 0 Å². The predicted molar refractivity (Wildman–Crippen MR) is 75.9 cm³/mol. The van der Waals surface area contributed by atoms with Crippen LogP contribution in [0.1, 0.15) is 46.5 Å². The first-order valence-corrected chi connectivity index (χ1v) is 7.77. The Hall–Kier alpha value is -0.120. The van der Waals surface area contributed by atoms with Gasteiger partial charge in [0.15, 0.2) is 0 Å². The summed E-state index contributed by atoms with van der Waals surface area (Å²) in [5, 5.41) is 3.75. The maximum atomic E-state index is 5.49. The first kappa shape index (κ1) is 14.3. The van der Waals surface area contributed by atoms with Crippen LogP contribution in [0.15, 0.2) is 0 Å². The zero-order valence-electron chi connectivity index (χ0n) is 12.4. The quantitative estimate of drug-likeness (QED) is 0.833. The molecule has 106 valence electrons. The molecule has 18 heavy (non-hydrogen) atoms. The van der Waals surface area contributed by atoms with Crippen LogP contribution in [0.25, 0.3) is 0 Å². The van der Waals surface area contributed by atoms with E-state index in [0.717, 1.165) is 25.7 Å². The smallest absolute Gasteiger partial charge is 0.0469 e. The topological polar surface area (TPSA) is 24.5 Å². The lowest BCUT2D eigenvalue weighted by atomic mass is 9.86. The second-order valence-electron chi connectivity index (χ2n) is 6.08. The van der Waals surface area contributed by atoms with Crippen LogP contribution in [0.4, 0.5) is 0 Å². The fraction of sp³-hybridized carbons (Fsp3) is 1.00. The van der Waals surface area contributed by atoms with Crippen molar-refractivity contribution in [1.82, 2.24) is 10.2 Å². The third kappa shape index (κ3) is 3.06. The summed E-state index contributed by atoms with van der Waals surface area (Å²) in [5.74, 6) is 0.836. The van der Waals surface area contributed by atoms with Crippen molar-refractivity contribution in [3.8, 4) is 0 Å². The molecule has 2 fully saturated rings. The molecular weight excluding hydrogens is 224 g/mol. The van der Waals surface area contributed by atoms with Crippen LogP contribution >= 0.6 is 0 Å². The molecule has 3 heteroatoms. The van der Waals surface area contributed by atoms with Gasteiger partial charge in [-0.3, -0.25) is 4.90 Å². The van der Waals surface area contributed by atoms with E-state index in [2.05, 4.69) is 31.0 Å². The zero-order valence-corrected chi connectivity index (χ0v) is 12.4. The Morgan fingerprint density at radius 1 is 1.28 bits per heavy atom. The summed E-state index contributed by atoms with van der Waals surface area (Å²) in [6.45, 7) is 12.6. The first-order valence-electron chi connectivity index (χ1n) is 7.77. The second-order valence-corrected chi connectivity index (χ2v) is 6.08. The Kier molecular flexibility index (Phi) is 5.05. The summed E-state index contributed by atoms with van der Waals surface area (Å²) in [6, 6.07) is 0.716. The number of hydrogen-bond acceptors (Lipinski definition) is 3. The maximum absolute atomic E-state index is 5.49. The third-order valence-corrected chi connectivity index (χ3v) is 5.28. The normalized spacial score (nSPS) is 28.2. The summed E-state index contributed by atoms with van der Waals surface area (Å²) < 4.78 is 5.49. The van der Waals surface area contributed by atoms with Gasteiger partial charge in [-0.25, -0.2) is 0 Å². The van der Waals surface area contributed by atoms with E-state index in [4.69, 9.17) is 4.74 Å². The molecule has 1 atom stereocenters. The van der Waals surface area contributed by atoms with E-state index in [1.807, 2.05) is 0 Å². The van der Waals surface area contributed by atoms with Gasteiger partial charge in [-0.1, -0.05) is 13.8 Å². The molecule has 0 aromatic carbocycles. The Bertz CT molecular complexity index is 247. The molecule has 0 saturated carbocycles. The van der Waals surface area contributed by atoms with E-state index in [-0.39, 0.29) is 0 Å². The molecule has 2 heterocycles. The van der Waals surface area contributed by atoms with Gasteiger partial charge in [0.25, 0.3) is 0 Å². The highest BCUT2D eigenvalue weighted by Crippen LogP contribution is 2.27. The average molecular weight is 254 g/mol. The largest absolute Gasteiger partial charge is 0.381 e. The van der Waals surface area contributed by atoms with Gasteiger partial charge in [0.1, 0.15) is 0 Å². The van der Waals surface area contributed by atoms with Crippen LogP contribution in [-0.2, 0) is 4.74 Å². The molecular formula is C15H30N2O. The van der Waals surface area contributed by atoms with Gasteiger partial charge in [0.2, 0.25) is 0 Å². The molecule has 2 saturated heterocycles. The van der Waals surface area contributed by atoms with E-state index >= 15 is 0 Å². The highest BCUT2D eigenvalue weighted by Gasteiger charge is 2.35. The van der Waals surface area contributed by atoms with Crippen molar-refractivity contribution in [3.05, 3.63) is 0 Å². The lowest BCUT2D eigenvalue weighted by molar-refractivity contribution is 0.0105. The number of piperazine rings is 1. The predicted octanol–water partition coefficient (Wildman–Crippen LogP) is 2.27. The molecule has 2 rings (SSSR count). The van der Waals surface area contributed by atoms with Gasteiger partial charge in [-0.05, 0) is 38.5 Å². The Balaban J connectivity index is 1.94. The lowest BCUT2D eigenvalue weighted by Gasteiger charge is -2.47. The van der Waals surface area contributed by atoms with Crippen LogP contribution in [-0.4, -0.2) is 49.3 Å². The van der Waals surface area contributed by atoms with Crippen molar-refractivity contribution in [2.45, 2.75) is 58.0 Å². The van der Waals surface area contributed by atoms with E-state index in [1.165, 1.54) is 38.8 Å². The first-order chi connectivity index (χ1) is 8.71. The van der Waals surface area contributed by atoms with Gasteiger partial charge in [0.05, 0.1) is 0 Å². The van der Waals surface area contributed by atoms with Crippen molar-refractivity contribution >= 4 is 0 Å². The molecule has 1 N–H and O–H groups in total. The minimum absolute atomic E-state index is 0.359. The lowest BCUT2D eigenvalue weighted by Crippen LogP contribution is -2.62. The van der Waals surface area contributed by atoms with Crippen molar-refractivity contribution < 1.29 is 4.74 Å². The molecule has 3 nitrogen and oxygen atoms in total. The molecule has 0 spiro atoms. The number of nitrogens with one attached hydrogen (secondary N) is 1. The van der Waals surface area contributed by atoms with Gasteiger partial charge in [0, 0.05) is 44.4 Å². The minimum atomic E-state index is 0.359. The van der Waals surface area contributed by atoms with E-state index in [0.29, 0.717) is 11.6 Å². The number of nitrogens with zero attached hydrogens (tertiary/aromatic N) is 1. The molecule has 0 aliphatic carbocycles. The van der Waals surface area contributed by atoms with Gasteiger partial charge < -0.3 is 10.1 Å². The molecule has 0 radical (unpaired) electrons. The van der Waals surface area contributed by atoms with Crippen LogP contribution in [0.3, 0.4) is 0 Å². The highest BCUT2D eigenvalue weighted by molar-refractivity contribution is 4.95. The summed E-state index contributed by atoms with van der Waals surface area (Å²) in [7, 11) is 0. The zero-order chi connectivity index (χ0) is 13.0. The van der Waals surface area contributed by atoms with Crippen LogP contribution in [0, 0.1) is 5.92 Å². The molecule has 0 aromatic rings. The summed E-state index contributed by atoms with van der Waals surface area (Å²) in [5.41, 5.74) is 0.359. The van der Waals surface area contributed by atoms with Gasteiger partial charge in [-0.2, -0.15) is 0 Å². The monoisotopic (exact) mass is 254 g/mol. The van der Waals surface area contributed by atoms with Crippen LogP contribution in [0.2, 0.25) is 0 Å². The van der Waals surface area contributed by atoms with Crippen LogP contribution in [0.5, 0.6) is 0 Å². The van der Waals surface area contributed by atoms with E-state index in [9.17, 15) is 0 Å². The van der Waals surface area contributed by atoms with Crippen molar-refractivity contribution in [1.29, 1.82) is 0 Å². The van der Waals surface area contributed by atoms with Crippen molar-refractivity contribution in [2.75, 3.05) is 32.8 Å². The van der Waals surface area contributed by atoms with Crippen molar-refractivity contribution in [3.63, 3.8) is 0 Å². The average Bonchev–Trinajstić information content (AvgIpc) is 2.47. The SMILES string of the molecule is CCC1(CC)CN(C(C)C2CCOCC2)CCN1. The third-order valence-electron chi connectivity index (χ3n) is 5.28. The molecule has 0 amide bonds. The number of rotatable bonds is 4. The van der Waals surface area contributed by atoms with Gasteiger partial charge in [-0.15, -0.1) is 0 Å². The molecule has 2 aliphatic rings. The standard InChI is InChI=1S/C15H30N2O/c1-4-15(5-2)12-17(9-8-16-15)13(3)14-6-10-18-11-7-14/h13-14,16H,4-12H2,1-3H3. The number of ether oxygens (including phenoxy) is 1. The molecule has 0 bridgehead atoms. The Labute approximate surface area is 112 Å². The highest BCUT2D eigenvalue weighted by atomic mass is 16.5. The fourth-order valence-corrected chi connectivity index (χ4v) is 3.56. The Morgan fingerprint density at radius 3 is 2.56 bits per heavy atom. The molecule has 1 unspecified atom stereocenters.